The van der Waals surface area contributed by atoms with Crippen molar-refractivity contribution < 1.29 is 22.5 Å². The first-order chi connectivity index (χ1) is 11.2. The predicted octanol–water partition coefficient (Wildman–Crippen LogP) is 3.64. The Morgan fingerprint density at radius 3 is 2.42 bits per heavy atom. The van der Waals surface area contributed by atoms with Crippen LogP contribution in [0.1, 0.15) is 49.6 Å². The first-order valence-electron chi connectivity index (χ1n) is 8.22. The number of urea groups is 1. The molecule has 136 valence electrons. The SMILES string of the molecule is Cc1noc(C)c1C[C@H](C)NC(=O)NC1CCC(C(F)(F)F)CC1. The monoisotopic (exact) mass is 347 g/mol. The van der Waals surface area contributed by atoms with E-state index in [-0.39, 0.29) is 31.0 Å². The lowest BCUT2D eigenvalue weighted by molar-refractivity contribution is -0.182. The van der Waals surface area contributed by atoms with Crippen LogP contribution >= 0.6 is 0 Å². The molecule has 0 radical (unpaired) electrons. The van der Waals surface area contributed by atoms with Gasteiger partial charge in [0.1, 0.15) is 5.76 Å². The highest BCUT2D eigenvalue weighted by atomic mass is 19.4. The number of hydrogen-bond acceptors (Lipinski definition) is 3. The van der Waals surface area contributed by atoms with Crippen molar-refractivity contribution in [3.63, 3.8) is 0 Å². The van der Waals surface area contributed by atoms with Gasteiger partial charge < -0.3 is 15.2 Å². The van der Waals surface area contributed by atoms with E-state index < -0.39 is 12.1 Å². The van der Waals surface area contributed by atoms with Gasteiger partial charge in [-0.25, -0.2) is 4.79 Å². The highest BCUT2D eigenvalue weighted by Gasteiger charge is 2.41. The minimum Gasteiger partial charge on any atom is -0.361 e. The van der Waals surface area contributed by atoms with Gasteiger partial charge in [0.15, 0.2) is 0 Å². The molecule has 0 saturated heterocycles. The summed E-state index contributed by atoms with van der Waals surface area (Å²) < 4.78 is 43.0. The van der Waals surface area contributed by atoms with Crippen LogP contribution < -0.4 is 10.6 Å². The molecule has 1 atom stereocenters. The summed E-state index contributed by atoms with van der Waals surface area (Å²) in [6, 6.07) is -0.673. The molecule has 24 heavy (non-hydrogen) atoms. The van der Waals surface area contributed by atoms with E-state index in [0.29, 0.717) is 19.3 Å². The molecule has 0 bridgehead atoms. The van der Waals surface area contributed by atoms with E-state index in [2.05, 4.69) is 15.8 Å². The molecular weight excluding hydrogens is 323 g/mol. The largest absolute Gasteiger partial charge is 0.391 e. The molecule has 0 spiro atoms. The molecular formula is C16H24F3N3O2. The molecule has 0 aliphatic heterocycles. The number of hydrogen-bond donors (Lipinski definition) is 2. The second kappa shape index (κ2) is 7.44. The summed E-state index contributed by atoms with van der Waals surface area (Å²) in [5.41, 5.74) is 1.76. The standard InChI is InChI=1S/C16H24F3N3O2/c1-9(8-14-10(2)22-24-11(14)3)20-15(23)21-13-6-4-12(5-7-13)16(17,18)19/h9,12-13H,4-8H2,1-3H3,(H2,20,21,23)/t9-,12?,13?/m0/s1. The first kappa shape index (κ1) is 18.6. The van der Waals surface area contributed by atoms with Crippen molar-refractivity contribution in [2.24, 2.45) is 5.92 Å². The van der Waals surface area contributed by atoms with Gasteiger partial charge in [0, 0.05) is 17.6 Å². The molecule has 2 rings (SSSR count). The van der Waals surface area contributed by atoms with Crippen molar-refractivity contribution in [3.8, 4) is 0 Å². The summed E-state index contributed by atoms with van der Waals surface area (Å²) in [5.74, 6) is -0.510. The summed E-state index contributed by atoms with van der Waals surface area (Å²) in [6.07, 6.45) is -2.68. The van der Waals surface area contributed by atoms with E-state index in [1.165, 1.54) is 0 Å². The van der Waals surface area contributed by atoms with Crippen LogP contribution in [0.4, 0.5) is 18.0 Å². The zero-order valence-corrected chi connectivity index (χ0v) is 14.2. The van der Waals surface area contributed by atoms with Crippen molar-refractivity contribution in [2.75, 3.05) is 0 Å². The number of rotatable bonds is 4. The van der Waals surface area contributed by atoms with Gasteiger partial charge in [0.2, 0.25) is 0 Å². The van der Waals surface area contributed by atoms with Gasteiger partial charge in [0.25, 0.3) is 0 Å². The van der Waals surface area contributed by atoms with Crippen molar-refractivity contribution in [1.82, 2.24) is 15.8 Å². The third kappa shape index (κ3) is 4.88. The van der Waals surface area contributed by atoms with Crippen LogP contribution in [0, 0.1) is 19.8 Å². The quantitative estimate of drug-likeness (QED) is 0.874. The normalized spacial score (nSPS) is 22.9. The lowest BCUT2D eigenvalue weighted by atomic mass is 9.85. The predicted molar refractivity (Wildman–Crippen MR) is 82.6 cm³/mol. The second-order valence-electron chi connectivity index (χ2n) is 6.62. The molecule has 1 aliphatic carbocycles. The van der Waals surface area contributed by atoms with E-state index in [0.717, 1.165) is 17.0 Å². The number of nitrogens with one attached hydrogen (secondary N) is 2. The Hall–Kier alpha value is -1.73. The fourth-order valence-electron chi connectivity index (χ4n) is 3.17. The van der Waals surface area contributed by atoms with E-state index >= 15 is 0 Å². The minimum absolute atomic E-state index is 0.0725. The molecule has 1 saturated carbocycles. The zero-order chi connectivity index (χ0) is 17.9. The van der Waals surface area contributed by atoms with E-state index in [1.54, 1.807) is 0 Å². The lowest BCUT2D eigenvalue weighted by Crippen LogP contribution is -2.47. The second-order valence-corrected chi connectivity index (χ2v) is 6.62. The topological polar surface area (TPSA) is 67.2 Å². The van der Waals surface area contributed by atoms with Crippen LogP contribution in [0.25, 0.3) is 0 Å². The van der Waals surface area contributed by atoms with Gasteiger partial charge in [-0.1, -0.05) is 5.16 Å². The Kier molecular flexibility index (Phi) is 5.77. The molecule has 2 N–H and O–H groups in total. The van der Waals surface area contributed by atoms with E-state index in [1.807, 2.05) is 20.8 Å². The maximum Gasteiger partial charge on any atom is 0.391 e. The molecule has 2 amide bonds. The number of aryl methyl sites for hydroxylation is 2. The van der Waals surface area contributed by atoms with Crippen LogP contribution in [0.2, 0.25) is 0 Å². The molecule has 5 nitrogen and oxygen atoms in total. The molecule has 1 fully saturated rings. The average Bonchev–Trinajstić information content (AvgIpc) is 2.78. The summed E-state index contributed by atoms with van der Waals surface area (Å²) in [4.78, 5) is 12.0. The van der Waals surface area contributed by atoms with Gasteiger partial charge in [-0.15, -0.1) is 0 Å². The van der Waals surface area contributed by atoms with E-state index in [4.69, 9.17) is 4.52 Å². The fraction of sp³-hybridized carbons (Fsp3) is 0.750. The van der Waals surface area contributed by atoms with Gasteiger partial charge >= 0.3 is 12.2 Å². The smallest absolute Gasteiger partial charge is 0.361 e. The summed E-state index contributed by atoms with van der Waals surface area (Å²) >= 11 is 0. The summed E-state index contributed by atoms with van der Waals surface area (Å²) in [7, 11) is 0. The minimum atomic E-state index is -4.13. The third-order valence-corrected chi connectivity index (χ3v) is 4.59. The number of halogens is 3. The highest BCUT2D eigenvalue weighted by Crippen LogP contribution is 2.37. The molecule has 8 heteroatoms. The van der Waals surface area contributed by atoms with Gasteiger partial charge in [-0.2, -0.15) is 13.2 Å². The van der Waals surface area contributed by atoms with Crippen LogP contribution in [0.5, 0.6) is 0 Å². The number of nitrogens with zero attached hydrogens (tertiary/aromatic N) is 1. The molecule has 1 heterocycles. The van der Waals surface area contributed by atoms with Crippen LogP contribution in [0.15, 0.2) is 4.52 Å². The molecule has 1 aromatic heterocycles. The maximum absolute atomic E-state index is 12.6. The Balaban J connectivity index is 1.76. The first-order valence-corrected chi connectivity index (χ1v) is 8.22. The number of amides is 2. The third-order valence-electron chi connectivity index (χ3n) is 4.59. The number of carbonyl (C=O) groups is 1. The number of alkyl halides is 3. The zero-order valence-electron chi connectivity index (χ0n) is 14.2. The maximum atomic E-state index is 12.6. The van der Waals surface area contributed by atoms with Crippen LogP contribution in [-0.2, 0) is 6.42 Å². The van der Waals surface area contributed by atoms with Crippen molar-refractivity contribution in [2.45, 2.75) is 71.1 Å². The van der Waals surface area contributed by atoms with Gasteiger partial charge in [-0.3, -0.25) is 0 Å². The lowest BCUT2D eigenvalue weighted by Gasteiger charge is -2.30. The van der Waals surface area contributed by atoms with Gasteiger partial charge in [-0.05, 0) is 52.9 Å². The van der Waals surface area contributed by atoms with Crippen molar-refractivity contribution in [1.29, 1.82) is 0 Å². The molecule has 0 unspecified atom stereocenters. The van der Waals surface area contributed by atoms with Gasteiger partial charge in [0.05, 0.1) is 11.6 Å². The number of carbonyl (C=O) groups excluding carboxylic acids is 1. The van der Waals surface area contributed by atoms with Crippen molar-refractivity contribution >= 4 is 6.03 Å². The summed E-state index contributed by atoms with van der Waals surface area (Å²) in [5, 5.41) is 9.47. The van der Waals surface area contributed by atoms with Crippen LogP contribution in [-0.4, -0.2) is 29.4 Å². The highest BCUT2D eigenvalue weighted by molar-refractivity contribution is 5.74. The van der Waals surface area contributed by atoms with E-state index in [9.17, 15) is 18.0 Å². The average molecular weight is 347 g/mol. The number of aromatic nitrogens is 1. The Morgan fingerprint density at radius 1 is 1.29 bits per heavy atom. The Bertz CT molecular complexity index is 544. The molecule has 0 aromatic carbocycles. The van der Waals surface area contributed by atoms with Crippen molar-refractivity contribution in [3.05, 3.63) is 17.0 Å². The molecule has 1 aromatic rings. The Morgan fingerprint density at radius 2 is 1.92 bits per heavy atom. The fourth-order valence-corrected chi connectivity index (χ4v) is 3.17. The molecule has 1 aliphatic rings. The Labute approximate surface area is 139 Å². The van der Waals surface area contributed by atoms with Crippen LogP contribution in [0.3, 0.4) is 0 Å². The summed E-state index contributed by atoms with van der Waals surface area (Å²) in [6.45, 7) is 5.53.